The van der Waals surface area contributed by atoms with Crippen LogP contribution < -0.4 is 5.32 Å². The van der Waals surface area contributed by atoms with Crippen LogP contribution in [0.1, 0.15) is 36.3 Å². The second-order valence-corrected chi connectivity index (χ2v) is 5.38. The number of fused-ring (bicyclic) bond motifs is 1. The van der Waals surface area contributed by atoms with Crippen LogP contribution in [-0.4, -0.2) is 20.7 Å². The highest BCUT2D eigenvalue weighted by molar-refractivity contribution is 6.06. The molecule has 0 aliphatic heterocycles. The first-order chi connectivity index (χ1) is 11.3. The SMILES string of the molecule is CC(C)n1nccc1C(=O)Nc1cccc2oc(C(F)(F)F)nc12. The van der Waals surface area contributed by atoms with E-state index in [1.165, 1.54) is 35.1 Å². The molecular formula is C15H13F3N4O2. The molecule has 0 saturated carbocycles. The van der Waals surface area contributed by atoms with Gasteiger partial charge in [0.2, 0.25) is 0 Å². The van der Waals surface area contributed by atoms with Crippen molar-refractivity contribution in [2.75, 3.05) is 5.32 Å². The zero-order valence-electron chi connectivity index (χ0n) is 12.8. The fourth-order valence-corrected chi connectivity index (χ4v) is 2.26. The summed E-state index contributed by atoms with van der Waals surface area (Å²) < 4.78 is 44.4. The van der Waals surface area contributed by atoms with Crippen LogP contribution in [0.3, 0.4) is 0 Å². The van der Waals surface area contributed by atoms with Gasteiger partial charge in [-0.05, 0) is 32.0 Å². The van der Waals surface area contributed by atoms with Gasteiger partial charge in [0, 0.05) is 12.2 Å². The highest BCUT2D eigenvalue weighted by Crippen LogP contribution is 2.33. The molecule has 0 fully saturated rings. The average Bonchev–Trinajstić information content (AvgIpc) is 3.14. The second-order valence-electron chi connectivity index (χ2n) is 5.38. The first-order valence-electron chi connectivity index (χ1n) is 7.09. The number of para-hydroxylation sites is 1. The maximum absolute atomic E-state index is 12.7. The van der Waals surface area contributed by atoms with E-state index in [-0.39, 0.29) is 22.8 Å². The van der Waals surface area contributed by atoms with Gasteiger partial charge >= 0.3 is 12.1 Å². The van der Waals surface area contributed by atoms with Crippen LogP contribution in [0.5, 0.6) is 0 Å². The van der Waals surface area contributed by atoms with E-state index in [0.29, 0.717) is 5.69 Å². The summed E-state index contributed by atoms with van der Waals surface area (Å²) in [6.45, 7) is 3.72. The Bertz CT molecular complexity index is 896. The molecule has 0 bridgehead atoms. The lowest BCUT2D eigenvalue weighted by Crippen LogP contribution is -2.19. The largest absolute Gasteiger partial charge is 0.468 e. The minimum atomic E-state index is -4.70. The van der Waals surface area contributed by atoms with E-state index in [4.69, 9.17) is 4.42 Å². The van der Waals surface area contributed by atoms with Crippen molar-refractivity contribution in [1.29, 1.82) is 0 Å². The van der Waals surface area contributed by atoms with Crippen LogP contribution in [0.2, 0.25) is 0 Å². The van der Waals surface area contributed by atoms with Crippen molar-refractivity contribution in [3.05, 3.63) is 42.0 Å². The number of hydrogen-bond donors (Lipinski definition) is 1. The third-order valence-electron chi connectivity index (χ3n) is 3.30. The third kappa shape index (κ3) is 2.84. The zero-order valence-corrected chi connectivity index (χ0v) is 12.8. The quantitative estimate of drug-likeness (QED) is 0.787. The number of carbonyl (C=O) groups is 1. The monoisotopic (exact) mass is 338 g/mol. The van der Waals surface area contributed by atoms with Crippen molar-refractivity contribution in [2.24, 2.45) is 0 Å². The smallest absolute Gasteiger partial charge is 0.433 e. The summed E-state index contributed by atoms with van der Waals surface area (Å²) >= 11 is 0. The minimum Gasteiger partial charge on any atom is -0.433 e. The summed E-state index contributed by atoms with van der Waals surface area (Å²) in [5, 5.41) is 6.61. The summed E-state index contributed by atoms with van der Waals surface area (Å²) in [6, 6.07) is 5.77. The van der Waals surface area contributed by atoms with Gasteiger partial charge in [0.05, 0.1) is 5.69 Å². The third-order valence-corrected chi connectivity index (χ3v) is 3.30. The van der Waals surface area contributed by atoms with Gasteiger partial charge in [-0.2, -0.15) is 18.3 Å². The Morgan fingerprint density at radius 3 is 2.71 bits per heavy atom. The molecule has 0 unspecified atom stereocenters. The number of hydrogen-bond acceptors (Lipinski definition) is 4. The Morgan fingerprint density at radius 1 is 1.29 bits per heavy atom. The Labute approximate surface area is 134 Å². The molecule has 0 saturated heterocycles. The van der Waals surface area contributed by atoms with Crippen LogP contribution in [-0.2, 0) is 6.18 Å². The van der Waals surface area contributed by atoms with E-state index in [1.54, 1.807) is 0 Å². The lowest BCUT2D eigenvalue weighted by molar-refractivity contribution is -0.156. The van der Waals surface area contributed by atoms with Gasteiger partial charge in [0.25, 0.3) is 5.91 Å². The van der Waals surface area contributed by atoms with Crippen molar-refractivity contribution in [3.8, 4) is 0 Å². The Balaban J connectivity index is 1.97. The molecular weight excluding hydrogens is 325 g/mol. The van der Waals surface area contributed by atoms with Crippen LogP contribution in [0, 0.1) is 0 Å². The molecule has 3 rings (SSSR count). The first-order valence-corrected chi connectivity index (χ1v) is 7.09. The number of nitrogens with one attached hydrogen (secondary N) is 1. The number of carbonyl (C=O) groups excluding carboxylic acids is 1. The average molecular weight is 338 g/mol. The van der Waals surface area contributed by atoms with Crippen LogP contribution in [0.15, 0.2) is 34.9 Å². The van der Waals surface area contributed by atoms with Crippen molar-refractivity contribution in [2.45, 2.75) is 26.1 Å². The zero-order chi connectivity index (χ0) is 17.5. The molecule has 3 aromatic rings. The number of rotatable bonds is 3. The second kappa shape index (κ2) is 5.66. The molecule has 2 heterocycles. The van der Waals surface area contributed by atoms with Crippen molar-refractivity contribution >= 4 is 22.7 Å². The number of anilines is 1. The van der Waals surface area contributed by atoms with E-state index >= 15 is 0 Å². The molecule has 0 radical (unpaired) electrons. The predicted molar refractivity (Wildman–Crippen MR) is 79.6 cm³/mol. The summed E-state index contributed by atoms with van der Waals surface area (Å²) in [7, 11) is 0. The number of oxazole rings is 1. The number of amides is 1. The molecule has 6 nitrogen and oxygen atoms in total. The van der Waals surface area contributed by atoms with Crippen molar-refractivity contribution < 1.29 is 22.4 Å². The molecule has 0 aliphatic rings. The minimum absolute atomic E-state index is 0.0413. The number of nitrogens with zero attached hydrogens (tertiary/aromatic N) is 3. The number of alkyl halides is 3. The van der Waals surface area contributed by atoms with E-state index in [2.05, 4.69) is 15.4 Å². The Hall–Kier alpha value is -2.84. The number of halogens is 3. The molecule has 24 heavy (non-hydrogen) atoms. The lowest BCUT2D eigenvalue weighted by Gasteiger charge is -2.11. The standard InChI is InChI=1S/C15H13F3N4O2/c1-8(2)22-10(6-7-19-22)13(23)20-9-4-3-5-11-12(9)21-14(24-11)15(16,17)18/h3-8H,1-2H3,(H,20,23). The summed E-state index contributed by atoms with van der Waals surface area (Å²) in [5.74, 6) is -1.85. The van der Waals surface area contributed by atoms with Gasteiger partial charge in [0.1, 0.15) is 11.2 Å². The van der Waals surface area contributed by atoms with Gasteiger partial charge in [-0.3, -0.25) is 9.48 Å². The molecule has 0 atom stereocenters. The fraction of sp³-hybridized carbons (Fsp3) is 0.267. The van der Waals surface area contributed by atoms with Crippen LogP contribution >= 0.6 is 0 Å². The molecule has 9 heteroatoms. The Kier molecular flexibility index (Phi) is 3.78. The van der Waals surface area contributed by atoms with Crippen molar-refractivity contribution in [1.82, 2.24) is 14.8 Å². The first kappa shape index (κ1) is 16.0. The Morgan fingerprint density at radius 2 is 2.04 bits per heavy atom. The summed E-state index contributed by atoms with van der Waals surface area (Å²) in [5.41, 5.74) is 0.307. The molecule has 0 spiro atoms. The summed E-state index contributed by atoms with van der Waals surface area (Å²) in [4.78, 5) is 15.8. The van der Waals surface area contributed by atoms with Crippen molar-refractivity contribution in [3.63, 3.8) is 0 Å². The summed E-state index contributed by atoms with van der Waals surface area (Å²) in [6.07, 6.45) is -3.22. The number of aromatic nitrogens is 3. The topological polar surface area (TPSA) is 73.0 Å². The van der Waals surface area contributed by atoms with E-state index in [1.807, 2.05) is 13.8 Å². The normalized spacial score (nSPS) is 12.1. The molecule has 1 aromatic carbocycles. The highest BCUT2D eigenvalue weighted by atomic mass is 19.4. The van der Waals surface area contributed by atoms with Gasteiger partial charge in [-0.1, -0.05) is 6.07 Å². The van der Waals surface area contributed by atoms with Crippen LogP contribution in [0.4, 0.5) is 18.9 Å². The van der Waals surface area contributed by atoms with Gasteiger partial charge in [-0.15, -0.1) is 0 Å². The maximum atomic E-state index is 12.7. The molecule has 126 valence electrons. The van der Waals surface area contributed by atoms with Crippen LogP contribution in [0.25, 0.3) is 11.1 Å². The van der Waals surface area contributed by atoms with E-state index in [9.17, 15) is 18.0 Å². The van der Waals surface area contributed by atoms with E-state index in [0.717, 1.165) is 0 Å². The molecule has 0 aliphatic carbocycles. The maximum Gasteiger partial charge on any atom is 0.468 e. The molecule has 1 amide bonds. The van der Waals surface area contributed by atoms with E-state index < -0.39 is 18.0 Å². The fourth-order valence-electron chi connectivity index (χ4n) is 2.26. The highest BCUT2D eigenvalue weighted by Gasteiger charge is 2.37. The number of benzene rings is 1. The predicted octanol–water partition coefficient (Wildman–Crippen LogP) is 3.88. The van der Waals surface area contributed by atoms with Gasteiger partial charge < -0.3 is 9.73 Å². The van der Waals surface area contributed by atoms with Gasteiger partial charge in [-0.25, -0.2) is 4.98 Å². The lowest BCUT2D eigenvalue weighted by atomic mass is 10.2. The van der Waals surface area contributed by atoms with Gasteiger partial charge in [0.15, 0.2) is 5.58 Å². The molecule has 1 N–H and O–H groups in total. The molecule has 2 aromatic heterocycles.